The maximum atomic E-state index is 12.2. The maximum absolute atomic E-state index is 12.2. The van der Waals surface area contributed by atoms with Crippen LogP contribution in [0.4, 0.5) is 5.82 Å². The Hall–Kier alpha value is -1.21. The fourth-order valence-corrected chi connectivity index (χ4v) is 3.23. The quantitative estimate of drug-likeness (QED) is 0.794. The number of nitrogens with zero attached hydrogens (tertiary/aromatic N) is 3. The molecule has 0 N–H and O–H groups in total. The standard InChI is InChI=1S/C13H19N3O3S/c17-13(10-4-2-1-3-5-10)19-12-11(14-20-15-12)16-6-8-18-9-7-16/h10H,1-9H2. The number of carbonyl (C=O) groups excluding carboxylic acids is 1. The Kier molecular flexibility index (Phi) is 4.47. The molecule has 0 atom stereocenters. The van der Waals surface area contributed by atoms with Gasteiger partial charge in [-0.25, -0.2) is 0 Å². The molecule has 0 unspecified atom stereocenters. The summed E-state index contributed by atoms with van der Waals surface area (Å²) in [5.74, 6) is 0.935. The smallest absolute Gasteiger partial charge is 0.315 e. The van der Waals surface area contributed by atoms with Crippen molar-refractivity contribution in [3.63, 3.8) is 0 Å². The third kappa shape index (κ3) is 3.09. The minimum Gasteiger partial charge on any atom is -0.402 e. The van der Waals surface area contributed by atoms with Gasteiger partial charge in [-0.3, -0.25) is 4.79 Å². The van der Waals surface area contributed by atoms with Crippen LogP contribution in [0.1, 0.15) is 32.1 Å². The van der Waals surface area contributed by atoms with Crippen LogP contribution in [0.5, 0.6) is 5.88 Å². The lowest BCUT2D eigenvalue weighted by Gasteiger charge is -2.27. The molecule has 2 aliphatic rings. The van der Waals surface area contributed by atoms with Crippen molar-refractivity contribution in [2.75, 3.05) is 31.2 Å². The Morgan fingerprint density at radius 1 is 1.20 bits per heavy atom. The highest BCUT2D eigenvalue weighted by Crippen LogP contribution is 2.29. The summed E-state index contributed by atoms with van der Waals surface area (Å²) in [4.78, 5) is 14.2. The monoisotopic (exact) mass is 297 g/mol. The highest BCUT2D eigenvalue weighted by Gasteiger charge is 2.27. The number of esters is 1. The molecule has 7 heteroatoms. The number of hydrogen-bond acceptors (Lipinski definition) is 7. The van der Waals surface area contributed by atoms with Crippen LogP contribution in [0, 0.1) is 5.92 Å². The molecule has 2 fully saturated rings. The fourth-order valence-electron chi connectivity index (χ4n) is 2.73. The third-order valence-corrected chi connectivity index (χ3v) is 4.39. The summed E-state index contributed by atoms with van der Waals surface area (Å²) in [5.41, 5.74) is 0. The minimum atomic E-state index is -0.146. The van der Waals surface area contributed by atoms with E-state index in [1.807, 2.05) is 0 Å². The lowest BCUT2D eigenvalue weighted by Crippen LogP contribution is -2.37. The van der Waals surface area contributed by atoms with E-state index in [4.69, 9.17) is 9.47 Å². The van der Waals surface area contributed by atoms with E-state index in [2.05, 4.69) is 13.6 Å². The van der Waals surface area contributed by atoms with Gasteiger partial charge in [0.05, 0.1) is 30.9 Å². The van der Waals surface area contributed by atoms with E-state index >= 15 is 0 Å². The van der Waals surface area contributed by atoms with Crippen LogP contribution in [0.25, 0.3) is 0 Å². The molecule has 1 aromatic heterocycles. The van der Waals surface area contributed by atoms with Crippen LogP contribution in [-0.4, -0.2) is 41.0 Å². The average Bonchev–Trinajstić information content (AvgIpc) is 2.97. The van der Waals surface area contributed by atoms with Gasteiger partial charge in [0.15, 0.2) is 0 Å². The summed E-state index contributed by atoms with van der Waals surface area (Å²) in [7, 11) is 0. The van der Waals surface area contributed by atoms with Gasteiger partial charge in [-0.2, -0.15) is 4.37 Å². The second-order valence-corrected chi connectivity index (χ2v) is 5.78. The predicted octanol–water partition coefficient (Wildman–Crippen LogP) is 1.86. The normalized spacial score (nSPS) is 20.9. The molecular formula is C13H19N3O3S. The van der Waals surface area contributed by atoms with Crippen molar-refractivity contribution in [1.82, 2.24) is 8.75 Å². The van der Waals surface area contributed by atoms with Crippen LogP contribution in [0.15, 0.2) is 0 Å². The largest absolute Gasteiger partial charge is 0.402 e. The van der Waals surface area contributed by atoms with E-state index in [9.17, 15) is 4.79 Å². The van der Waals surface area contributed by atoms with Crippen molar-refractivity contribution in [1.29, 1.82) is 0 Å². The molecule has 20 heavy (non-hydrogen) atoms. The van der Waals surface area contributed by atoms with E-state index in [-0.39, 0.29) is 11.9 Å². The minimum absolute atomic E-state index is 0.0305. The van der Waals surface area contributed by atoms with Crippen molar-refractivity contribution in [3.05, 3.63) is 0 Å². The van der Waals surface area contributed by atoms with E-state index < -0.39 is 0 Å². The van der Waals surface area contributed by atoms with Crippen LogP contribution in [0.2, 0.25) is 0 Å². The number of ether oxygens (including phenoxy) is 2. The molecule has 0 amide bonds. The highest BCUT2D eigenvalue weighted by atomic mass is 32.1. The molecule has 2 heterocycles. The fraction of sp³-hybridized carbons (Fsp3) is 0.769. The van der Waals surface area contributed by atoms with Crippen molar-refractivity contribution in [2.24, 2.45) is 5.92 Å². The molecule has 3 rings (SSSR count). The second-order valence-electron chi connectivity index (χ2n) is 5.25. The molecule has 0 spiro atoms. The topological polar surface area (TPSA) is 64.5 Å². The first kappa shape index (κ1) is 13.8. The molecule has 0 radical (unpaired) electrons. The Bertz CT molecular complexity index is 453. The first-order valence-corrected chi connectivity index (χ1v) is 7.94. The zero-order valence-corrected chi connectivity index (χ0v) is 12.2. The Morgan fingerprint density at radius 3 is 2.70 bits per heavy atom. The third-order valence-electron chi connectivity index (χ3n) is 3.89. The first-order chi connectivity index (χ1) is 9.84. The van der Waals surface area contributed by atoms with Crippen LogP contribution >= 0.6 is 11.7 Å². The lowest BCUT2D eigenvalue weighted by molar-refractivity contribution is -0.140. The molecule has 1 saturated heterocycles. The van der Waals surface area contributed by atoms with E-state index in [1.54, 1.807) is 0 Å². The van der Waals surface area contributed by atoms with Gasteiger partial charge in [-0.1, -0.05) is 19.3 Å². The van der Waals surface area contributed by atoms with E-state index in [1.165, 1.54) is 6.42 Å². The molecule has 6 nitrogen and oxygen atoms in total. The van der Waals surface area contributed by atoms with Gasteiger partial charge in [0, 0.05) is 13.1 Å². The summed E-state index contributed by atoms with van der Waals surface area (Å²) in [5, 5.41) is 0. The van der Waals surface area contributed by atoms with E-state index in [0.29, 0.717) is 24.9 Å². The second kappa shape index (κ2) is 6.49. The van der Waals surface area contributed by atoms with Crippen molar-refractivity contribution >= 4 is 23.5 Å². The molecule has 1 aromatic rings. The SMILES string of the molecule is O=C(Oc1nsnc1N1CCOCC1)C1CCCCC1. The molecular weight excluding hydrogens is 278 g/mol. The number of hydrogen-bond donors (Lipinski definition) is 0. The first-order valence-electron chi connectivity index (χ1n) is 7.21. The van der Waals surface area contributed by atoms with Crippen molar-refractivity contribution in [2.45, 2.75) is 32.1 Å². The predicted molar refractivity (Wildman–Crippen MR) is 75.2 cm³/mol. The molecule has 110 valence electrons. The Morgan fingerprint density at radius 2 is 1.95 bits per heavy atom. The van der Waals surface area contributed by atoms with Gasteiger partial charge in [-0.15, -0.1) is 4.37 Å². The van der Waals surface area contributed by atoms with Crippen molar-refractivity contribution < 1.29 is 14.3 Å². The molecule has 1 aliphatic carbocycles. The number of morpholine rings is 1. The zero-order chi connectivity index (χ0) is 13.8. The Balaban J connectivity index is 1.65. The summed E-state index contributed by atoms with van der Waals surface area (Å²) >= 11 is 1.09. The molecule has 1 aliphatic heterocycles. The molecule has 1 saturated carbocycles. The van der Waals surface area contributed by atoms with Gasteiger partial charge in [-0.05, 0) is 12.8 Å². The summed E-state index contributed by atoms with van der Waals surface area (Å²) in [6.07, 6.45) is 5.32. The van der Waals surface area contributed by atoms with Gasteiger partial charge >= 0.3 is 5.97 Å². The van der Waals surface area contributed by atoms with Gasteiger partial charge in [0.2, 0.25) is 5.82 Å². The van der Waals surface area contributed by atoms with Gasteiger partial charge in [0.1, 0.15) is 0 Å². The van der Waals surface area contributed by atoms with Crippen molar-refractivity contribution in [3.8, 4) is 5.88 Å². The highest BCUT2D eigenvalue weighted by molar-refractivity contribution is 6.99. The lowest BCUT2D eigenvalue weighted by atomic mass is 9.89. The average molecular weight is 297 g/mol. The summed E-state index contributed by atoms with van der Waals surface area (Å²) < 4.78 is 19.2. The van der Waals surface area contributed by atoms with Crippen LogP contribution in [-0.2, 0) is 9.53 Å². The van der Waals surface area contributed by atoms with E-state index in [0.717, 1.165) is 50.5 Å². The number of rotatable bonds is 3. The van der Waals surface area contributed by atoms with Crippen LogP contribution in [0.3, 0.4) is 0 Å². The van der Waals surface area contributed by atoms with Crippen LogP contribution < -0.4 is 9.64 Å². The zero-order valence-electron chi connectivity index (χ0n) is 11.4. The number of anilines is 1. The summed E-state index contributed by atoms with van der Waals surface area (Å²) in [6.45, 7) is 2.87. The maximum Gasteiger partial charge on any atom is 0.315 e. The molecule has 0 aromatic carbocycles. The van der Waals surface area contributed by atoms with Gasteiger partial charge in [0.25, 0.3) is 5.88 Å². The Labute approximate surface area is 122 Å². The molecule has 0 bridgehead atoms. The van der Waals surface area contributed by atoms with Gasteiger partial charge < -0.3 is 14.4 Å². The summed E-state index contributed by atoms with van der Waals surface area (Å²) in [6, 6.07) is 0. The number of carbonyl (C=O) groups is 1. The number of aromatic nitrogens is 2.